The summed E-state index contributed by atoms with van der Waals surface area (Å²) in [5.41, 5.74) is 6.79. The van der Waals surface area contributed by atoms with Crippen molar-refractivity contribution in [2.45, 2.75) is 55.5 Å². The SMILES string of the molecule is CC1(N)CCCCC1C(=O)NC1CCSc2c(F)cccc21.Cl. The van der Waals surface area contributed by atoms with Crippen molar-refractivity contribution in [2.24, 2.45) is 11.7 Å². The molecule has 0 saturated heterocycles. The first kappa shape index (κ1) is 18.6. The molecule has 0 aromatic heterocycles. The number of hydrogen-bond donors (Lipinski definition) is 2. The number of halogens is 2. The molecule has 1 aliphatic heterocycles. The molecule has 3 unspecified atom stereocenters. The topological polar surface area (TPSA) is 55.1 Å². The van der Waals surface area contributed by atoms with Gasteiger partial charge in [0, 0.05) is 16.2 Å². The summed E-state index contributed by atoms with van der Waals surface area (Å²) in [5.74, 6) is 0.510. The smallest absolute Gasteiger partial charge is 0.225 e. The molecule has 0 radical (unpaired) electrons. The Hall–Kier alpha value is -0.780. The van der Waals surface area contributed by atoms with Crippen LogP contribution in [-0.2, 0) is 4.79 Å². The second-order valence-corrected chi connectivity index (χ2v) is 7.77. The van der Waals surface area contributed by atoms with Gasteiger partial charge in [-0.2, -0.15) is 0 Å². The second-order valence-electron chi connectivity index (χ2n) is 6.66. The Morgan fingerprint density at radius 3 is 2.91 bits per heavy atom. The summed E-state index contributed by atoms with van der Waals surface area (Å²) >= 11 is 1.53. The van der Waals surface area contributed by atoms with Gasteiger partial charge in [-0.05, 0) is 37.8 Å². The minimum Gasteiger partial charge on any atom is -0.349 e. The van der Waals surface area contributed by atoms with E-state index >= 15 is 0 Å². The van der Waals surface area contributed by atoms with Crippen LogP contribution in [0, 0.1) is 11.7 Å². The number of nitrogens with two attached hydrogens (primary N) is 1. The second kappa shape index (κ2) is 7.41. The first-order chi connectivity index (χ1) is 10.5. The van der Waals surface area contributed by atoms with Crippen LogP contribution >= 0.6 is 24.2 Å². The number of thioether (sulfide) groups is 1. The average molecular weight is 359 g/mol. The molecule has 0 bridgehead atoms. The summed E-state index contributed by atoms with van der Waals surface area (Å²) in [6.45, 7) is 1.97. The predicted molar refractivity (Wildman–Crippen MR) is 94.4 cm³/mol. The maximum absolute atomic E-state index is 13.9. The average Bonchev–Trinajstić information content (AvgIpc) is 2.48. The first-order valence-electron chi connectivity index (χ1n) is 7.99. The van der Waals surface area contributed by atoms with Crippen LogP contribution in [0.15, 0.2) is 23.1 Å². The zero-order chi connectivity index (χ0) is 15.7. The first-order valence-corrected chi connectivity index (χ1v) is 8.98. The van der Waals surface area contributed by atoms with Gasteiger partial charge in [0.1, 0.15) is 5.82 Å². The van der Waals surface area contributed by atoms with Gasteiger partial charge in [-0.25, -0.2) is 4.39 Å². The highest BCUT2D eigenvalue weighted by atomic mass is 35.5. The van der Waals surface area contributed by atoms with Crippen LogP contribution in [0.4, 0.5) is 4.39 Å². The fourth-order valence-electron chi connectivity index (χ4n) is 3.60. The van der Waals surface area contributed by atoms with Gasteiger partial charge < -0.3 is 11.1 Å². The molecule has 1 aliphatic carbocycles. The van der Waals surface area contributed by atoms with Crippen LogP contribution in [0.2, 0.25) is 0 Å². The maximum atomic E-state index is 13.9. The van der Waals surface area contributed by atoms with Crippen LogP contribution in [0.5, 0.6) is 0 Å². The van der Waals surface area contributed by atoms with Crippen LogP contribution < -0.4 is 11.1 Å². The van der Waals surface area contributed by atoms with Gasteiger partial charge in [0.25, 0.3) is 0 Å². The third-order valence-corrected chi connectivity index (χ3v) is 6.07. The van der Waals surface area contributed by atoms with Crippen LogP contribution in [-0.4, -0.2) is 17.2 Å². The van der Waals surface area contributed by atoms with Crippen LogP contribution in [0.3, 0.4) is 0 Å². The molecule has 1 fully saturated rings. The van der Waals surface area contributed by atoms with E-state index in [4.69, 9.17) is 5.73 Å². The number of rotatable bonds is 2. The van der Waals surface area contributed by atoms with Crippen molar-refractivity contribution in [2.75, 3.05) is 5.75 Å². The van der Waals surface area contributed by atoms with Crippen molar-refractivity contribution in [1.82, 2.24) is 5.32 Å². The van der Waals surface area contributed by atoms with E-state index in [9.17, 15) is 9.18 Å². The summed E-state index contributed by atoms with van der Waals surface area (Å²) in [5, 5.41) is 3.13. The molecule has 1 heterocycles. The van der Waals surface area contributed by atoms with Crippen LogP contribution in [0.1, 0.15) is 50.6 Å². The van der Waals surface area contributed by atoms with E-state index in [0.717, 1.165) is 43.4 Å². The minimum absolute atomic E-state index is 0. The molecular weight excluding hydrogens is 335 g/mol. The Balaban J connectivity index is 0.00000192. The molecule has 23 heavy (non-hydrogen) atoms. The molecule has 3 nitrogen and oxygen atoms in total. The highest BCUT2D eigenvalue weighted by molar-refractivity contribution is 7.99. The van der Waals surface area contributed by atoms with Crippen molar-refractivity contribution in [3.05, 3.63) is 29.6 Å². The zero-order valence-corrected chi connectivity index (χ0v) is 14.9. The Bertz CT molecular complexity index is 582. The van der Waals surface area contributed by atoms with Crippen molar-refractivity contribution in [3.63, 3.8) is 0 Å². The van der Waals surface area contributed by atoms with Crippen molar-refractivity contribution >= 4 is 30.1 Å². The van der Waals surface area contributed by atoms with Gasteiger partial charge in [-0.3, -0.25) is 4.79 Å². The largest absolute Gasteiger partial charge is 0.349 e. The molecular formula is C17H24ClFN2OS. The zero-order valence-electron chi connectivity index (χ0n) is 13.3. The summed E-state index contributed by atoms with van der Waals surface area (Å²) in [6.07, 6.45) is 4.70. The van der Waals surface area contributed by atoms with Crippen molar-refractivity contribution in [1.29, 1.82) is 0 Å². The molecule has 3 rings (SSSR count). The molecule has 1 amide bonds. The lowest BCUT2D eigenvalue weighted by molar-refractivity contribution is -0.129. The maximum Gasteiger partial charge on any atom is 0.225 e. The monoisotopic (exact) mass is 358 g/mol. The number of carbonyl (C=O) groups is 1. The lowest BCUT2D eigenvalue weighted by atomic mass is 9.74. The normalized spacial score (nSPS) is 30.0. The van der Waals surface area contributed by atoms with E-state index in [0.29, 0.717) is 4.90 Å². The summed E-state index contributed by atoms with van der Waals surface area (Å²) in [6, 6.07) is 5.01. The van der Waals surface area contributed by atoms with E-state index in [1.165, 1.54) is 17.8 Å². The third-order valence-electron chi connectivity index (χ3n) is 4.91. The Morgan fingerprint density at radius 2 is 2.17 bits per heavy atom. The lowest BCUT2D eigenvalue weighted by Gasteiger charge is -2.38. The van der Waals surface area contributed by atoms with Gasteiger partial charge >= 0.3 is 0 Å². The van der Waals surface area contributed by atoms with E-state index in [2.05, 4.69) is 5.32 Å². The van der Waals surface area contributed by atoms with Gasteiger partial charge in [0.2, 0.25) is 5.91 Å². The highest BCUT2D eigenvalue weighted by Gasteiger charge is 2.39. The van der Waals surface area contributed by atoms with Crippen molar-refractivity contribution in [3.8, 4) is 0 Å². The van der Waals surface area contributed by atoms with Gasteiger partial charge in [0.15, 0.2) is 0 Å². The highest BCUT2D eigenvalue weighted by Crippen LogP contribution is 2.38. The number of hydrogen-bond acceptors (Lipinski definition) is 3. The van der Waals surface area contributed by atoms with Crippen molar-refractivity contribution < 1.29 is 9.18 Å². The van der Waals surface area contributed by atoms with E-state index < -0.39 is 5.54 Å². The third kappa shape index (κ3) is 3.83. The molecule has 3 N–H and O–H groups in total. The Labute approximate surface area is 147 Å². The van der Waals surface area contributed by atoms with E-state index in [-0.39, 0.29) is 36.1 Å². The summed E-state index contributed by atoms with van der Waals surface area (Å²) in [7, 11) is 0. The molecule has 2 aliphatic rings. The predicted octanol–water partition coefficient (Wildman–Crippen LogP) is 3.81. The fraction of sp³-hybridized carbons (Fsp3) is 0.588. The Kier molecular flexibility index (Phi) is 5.98. The number of fused-ring (bicyclic) bond motifs is 1. The molecule has 3 atom stereocenters. The fourth-order valence-corrected chi connectivity index (χ4v) is 4.74. The number of nitrogens with one attached hydrogen (secondary N) is 1. The lowest BCUT2D eigenvalue weighted by Crippen LogP contribution is -2.53. The molecule has 1 saturated carbocycles. The molecule has 1 aromatic rings. The van der Waals surface area contributed by atoms with E-state index in [1.807, 2.05) is 13.0 Å². The summed E-state index contributed by atoms with van der Waals surface area (Å²) < 4.78 is 13.9. The van der Waals surface area contributed by atoms with Gasteiger partial charge in [-0.1, -0.05) is 25.0 Å². The standard InChI is InChI=1S/C17H23FN2OS.ClH/c1-17(19)9-3-2-6-12(17)16(21)20-14-8-10-22-15-11(14)5-4-7-13(15)18;/h4-5,7,12,14H,2-3,6,8-10,19H2,1H3,(H,20,21);1H. The number of benzene rings is 1. The molecule has 6 heteroatoms. The van der Waals surface area contributed by atoms with Crippen LogP contribution in [0.25, 0.3) is 0 Å². The van der Waals surface area contributed by atoms with Gasteiger partial charge in [-0.15, -0.1) is 24.2 Å². The minimum atomic E-state index is -0.434. The summed E-state index contributed by atoms with van der Waals surface area (Å²) in [4.78, 5) is 13.4. The Morgan fingerprint density at radius 1 is 1.39 bits per heavy atom. The van der Waals surface area contributed by atoms with E-state index in [1.54, 1.807) is 6.07 Å². The number of carbonyl (C=O) groups excluding carboxylic acids is 1. The number of amides is 1. The molecule has 1 aromatic carbocycles. The van der Waals surface area contributed by atoms with Gasteiger partial charge in [0.05, 0.1) is 12.0 Å². The quantitative estimate of drug-likeness (QED) is 0.845. The molecule has 0 spiro atoms. The molecule has 128 valence electrons.